The quantitative estimate of drug-likeness (QED) is 0.899. The highest BCUT2D eigenvalue weighted by Gasteiger charge is 2.22. The highest BCUT2D eigenvalue weighted by Crippen LogP contribution is 2.37. The van der Waals surface area contributed by atoms with Crippen LogP contribution in [0.1, 0.15) is 23.6 Å². The van der Waals surface area contributed by atoms with E-state index in [2.05, 4.69) is 11.4 Å². The Morgan fingerprint density at radius 1 is 1.24 bits per heavy atom. The first-order valence-corrected chi connectivity index (χ1v) is 7.38. The van der Waals surface area contributed by atoms with E-state index in [1.165, 1.54) is 0 Å². The first-order valence-electron chi connectivity index (χ1n) is 7.01. The molecule has 1 unspecified atom stereocenters. The molecule has 2 aromatic carbocycles. The van der Waals surface area contributed by atoms with Gasteiger partial charge in [0.25, 0.3) is 0 Å². The van der Waals surface area contributed by atoms with Crippen LogP contribution in [0.25, 0.3) is 0 Å². The third-order valence-electron chi connectivity index (χ3n) is 3.77. The summed E-state index contributed by atoms with van der Waals surface area (Å²) in [6.45, 7) is 2.71. The molecule has 21 heavy (non-hydrogen) atoms. The van der Waals surface area contributed by atoms with Gasteiger partial charge < -0.3 is 14.8 Å². The highest BCUT2D eigenvalue weighted by molar-refractivity contribution is 6.31. The number of aryl methyl sites for hydroxylation is 1. The van der Waals surface area contributed by atoms with Gasteiger partial charge in [0, 0.05) is 22.7 Å². The Labute approximate surface area is 129 Å². The summed E-state index contributed by atoms with van der Waals surface area (Å²) in [6.07, 6.45) is 0.908. The van der Waals surface area contributed by atoms with Crippen LogP contribution in [0, 0.1) is 6.92 Å². The number of ether oxygens (including phenoxy) is 2. The molecular formula is C17H18ClNO2. The summed E-state index contributed by atoms with van der Waals surface area (Å²) in [6, 6.07) is 12.2. The van der Waals surface area contributed by atoms with Gasteiger partial charge in [-0.2, -0.15) is 0 Å². The lowest BCUT2D eigenvalue weighted by Gasteiger charge is -2.28. The predicted molar refractivity (Wildman–Crippen MR) is 85.7 cm³/mol. The monoisotopic (exact) mass is 303 g/mol. The Bertz CT molecular complexity index is 657. The van der Waals surface area contributed by atoms with Crippen molar-refractivity contribution in [1.29, 1.82) is 0 Å². The number of hydrogen-bond donors (Lipinski definition) is 1. The molecule has 0 radical (unpaired) electrons. The molecule has 1 aliphatic heterocycles. The van der Waals surface area contributed by atoms with Gasteiger partial charge in [-0.25, -0.2) is 0 Å². The lowest BCUT2D eigenvalue weighted by Crippen LogP contribution is -2.20. The third kappa shape index (κ3) is 2.93. The predicted octanol–water partition coefficient (Wildman–Crippen LogP) is 4.59. The largest absolute Gasteiger partial charge is 0.497 e. The molecular weight excluding hydrogens is 286 g/mol. The van der Waals surface area contributed by atoms with Gasteiger partial charge in [0.1, 0.15) is 11.5 Å². The molecule has 0 spiro atoms. The second kappa shape index (κ2) is 5.86. The maximum atomic E-state index is 6.19. The van der Waals surface area contributed by atoms with E-state index in [0.717, 1.165) is 39.8 Å². The molecule has 2 aromatic rings. The zero-order chi connectivity index (χ0) is 14.8. The minimum atomic E-state index is 0.197. The zero-order valence-electron chi connectivity index (χ0n) is 12.2. The third-order valence-corrected chi connectivity index (χ3v) is 4.18. The van der Waals surface area contributed by atoms with Crippen LogP contribution in [0.15, 0.2) is 36.4 Å². The zero-order valence-corrected chi connectivity index (χ0v) is 12.9. The number of nitrogens with one attached hydrogen (secondary N) is 1. The number of methoxy groups -OCH3 is 1. The molecule has 110 valence electrons. The van der Waals surface area contributed by atoms with Crippen LogP contribution in [0.5, 0.6) is 11.5 Å². The Balaban J connectivity index is 1.88. The highest BCUT2D eigenvalue weighted by atomic mass is 35.5. The summed E-state index contributed by atoms with van der Waals surface area (Å²) < 4.78 is 11.0. The fourth-order valence-electron chi connectivity index (χ4n) is 2.53. The van der Waals surface area contributed by atoms with Gasteiger partial charge in [-0.05, 0) is 42.8 Å². The van der Waals surface area contributed by atoms with Gasteiger partial charge >= 0.3 is 0 Å². The van der Waals surface area contributed by atoms with E-state index in [1.54, 1.807) is 7.11 Å². The summed E-state index contributed by atoms with van der Waals surface area (Å²) >= 11 is 6.19. The molecule has 1 aliphatic rings. The molecule has 0 amide bonds. The molecule has 0 fully saturated rings. The van der Waals surface area contributed by atoms with E-state index >= 15 is 0 Å². The van der Waals surface area contributed by atoms with Crippen LogP contribution in [0.3, 0.4) is 0 Å². The summed E-state index contributed by atoms with van der Waals surface area (Å²) in [5, 5.41) is 4.31. The minimum Gasteiger partial charge on any atom is -0.497 e. The number of rotatable bonds is 3. The van der Waals surface area contributed by atoms with Crippen LogP contribution in [0.4, 0.5) is 5.69 Å². The standard InChI is InChI=1S/C17H18ClNO2/c1-11-3-4-12(9-15(11)18)19-16-7-8-21-17-6-5-13(20-2)10-14(16)17/h3-6,9-10,16,19H,7-8H2,1-2H3. The SMILES string of the molecule is COc1ccc2c(c1)C(Nc1ccc(C)c(Cl)c1)CCO2. The summed E-state index contributed by atoms with van der Waals surface area (Å²) in [5.74, 6) is 1.76. The first-order chi connectivity index (χ1) is 10.2. The van der Waals surface area contributed by atoms with Gasteiger partial charge in [-0.1, -0.05) is 17.7 Å². The molecule has 3 nitrogen and oxygen atoms in total. The van der Waals surface area contributed by atoms with Gasteiger partial charge in [0.05, 0.1) is 19.8 Å². The van der Waals surface area contributed by atoms with Crippen LogP contribution < -0.4 is 14.8 Å². The smallest absolute Gasteiger partial charge is 0.124 e. The first kappa shape index (κ1) is 14.1. The number of benzene rings is 2. The Hall–Kier alpha value is -1.87. The molecule has 4 heteroatoms. The van der Waals surface area contributed by atoms with Crippen molar-refractivity contribution >= 4 is 17.3 Å². The second-order valence-electron chi connectivity index (χ2n) is 5.20. The van der Waals surface area contributed by atoms with E-state index in [-0.39, 0.29) is 6.04 Å². The number of anilines is 1. The van der Waals surface area contributed by atoms with Crippen molar-refractivity contribution in [2.75, 3.05) is 19.0 Å². The van der Waals surface area contributed by atoms with Gasteiger partial charge in [0.15, 0.2) is 0 Å². The van der Waals surface area contributed by atoms with E-state index in [0.29, 0.717) is 6.61 Å². The second-order valence-corrected chi connectivity index (χ2v) is 5.61. The fourth-order valence-corrected chi connectivity index (χ4v) is 2.71. The van der Waals surface area contributed by atoms with Crippen molar-refractivity contribution in [3.63, 3.8) is 0 Å². The Kier molecular flexibility index (Phi) is 3.93. The van der Waals surface area contributed by atoms with Gasteiger partial charge in [0.2, 0.25) is 0 Å². The van der Waals surface area contributed by atoms with Crippen molar-refractivity contribution in [1.82, 2.24) is 0 Å². The van der Waals surface area contributed by atoms with Crippen molar-refractivity contribution in [3.8, 4) is 11.5 Å². The maximum absolute atomic E-state index is 6.19. The molecule has 0 bridgehead atoms. The van der Waals surface area contributed by atoms with Gasteiger partial charge in [-0.3, -0.25) is 0 Å². The van der Waals surface area contributed by atoms with E-state index in [4.69, 9.17) is 21.1 Å². The average Bonchev–Trinajstić information content (AvgIpc) is 2.51. The summed E-state index contributed by atoms with van der Waals surface area (Å²) in [5.41, 5.74) is 3.22. The normalized spacial score (nSPS) is 16.8. The van der Waals surface area contributed by atoms with Crippen LogP contribution in [0.2, 0.25) is 5.02 Å². The van der Waals surface area contributed by atoms with E-state index in [1.807, 2.05) is 37.3 Å². The molecule has 3 rings (SSSR count). The number of halogens is 1. The average molecular weight is 304 g/mol. The summed E-state index contributed by atoms with van der Waals surface area (Å²) in [7, 11) is 1.67. The van der Waals surface area contributed by atoms with Crippen molar-refractivity contribution in [2.24, 2.45) is 0 Å². The molecule has 1 N–H and O–H groups in total. The fraction of sp³-hybridized carbons (Fsp3) is 0.294. The van der Waals surface area contributed by atoms with Gasteiger partial charge in [-0.15, -0.1) is 0 Å². The van der Waals surface area contributed by atoms with Crippen molar-refractivity contribution in [2.45, 2.75) is 19.4 Å². The number of hydrogen-bond acceptors (Lipinski definition) is 3. The molecule has 0 aliphatic carbocycles. The Morgan fingerprint density at radius 2 is 2.10 bits per heavy atom. The van der Waals surface area contributed by atoms with Crippen molar-refractivity contribution < 1.29 is 9.47 Å². The van der Waals surface area contributed by atoms with E-state index < -0.39 is 0 Å². The number of fused-ring (bicyclic) bond motifs is 1. The molecule has 0 saturated carbocycles. The van der Waals surface area contributed by atoms with Crippen LogP contribution >= 0.6 is 11.6 Å². The molecule has 1 atom stereocenters. The molecule has 0 aromatic heterocycles. The van der Waals surface area contributed by atoms with Crippen molar-refractivity contribution in [3.05, 3.63) is 52.5 Å². The molecule has 1 heterocycles. The summed E-state index contributed by atoms with van der Waals surface area (Å²) in [4.78, 5) is 0. The van der Waals surface area contributed by atoms with Crippen LogP contribution in [-0.2, 0) is 0 Å². The Morgan fingerprint density at radius 3 is 2.86 bits per heavy atom. The molecule has 0 saturated heterocycles. The lowest BCUT2D eigenvalue weighted by molar-refractivity contribution is 0.273. The topological polar surface area (TPSA) is 30.5 Å². The minimum absolute atomic E-state index is 0.197. The van der Waals surface area contributed by atoms with E-state index in [9.17, 15) is 0 Å². The van der Waals surface area contributed by atoms with Crippen LogP contribution in [-0.4, -0.2) is 13.7 Å². The lowest BCUT2D eigenvalue weighted by atomic mass is 9.99. The maximum Gasteiger partial charge on any atom is 0.124 e.